The highest BCUT2D eigenvalue weighted by Crippen LogP contribution is 2.22. The Labute approximate surface area is 175 Å². The fraction of sp³-hybridized carbons (Fsp3) is 0.333. The van der Waals surface area contributed by atoms with Crippen molar-refractivity contribution in [2.45, 2.75) is 37.1 Å². The van der Waals surface area contributed by atoms with Crippen LogP contribution in [0.3, 0.4) is 0 Å². The van der Waals surface area contributed by atoms with Crippen LogP contribution in [0.15, 0.2) is 53.4 Å². The maximum atomic E-state index is 13.0. The molecule has 0 aromatic heterocycles. The Bertz CT molecular complexity index is 1010. The van der Waals surface area contributed by atoms with Gasteiger partial charge in [0.2, 0.25) is 5.91 Å². The third-order valence-electron chi connectivity index (χ3n) is 4.87. The summed E-state index contributed by atoms with van der Waals surface area (Å²) in [6.45, 7) is 3.03. The van der Waals surface area contributed by atoms with Gasteiger partial charge in [-0.25, -0.2) is 12.8 Å². The molecule has 0 spiro atoms. The van der Waals surface area contributed by atoms with E-state index in [2.05, 4.69) is 10.0 Å². The number of amides is 2. The fourth-order valence-corrected chi connectivity index (χ4v) is 4.38. The molecule has 2 N–H and O–H groups in total. The zero-order valence-electron chi connectivity index (χ0n) is 16.6. The molecule has 0 saturated carbocycles. The lowest BCUT2D eigenvalue weighted by atomic mass is 10.1. The van der Waals surface area contributed by atoms with Crippen LogP contribution in [0.2, 0.25) is 0 Å². The van der Waals surface area contributed by atoms with Gasteiger partial charge in [0.25, 0.3) is 15.9 Å². The standard InChI is InChI=1S/C21H24FN3O4S/c1-2-13-23-20(26)19-4-3-14-25(19)21(27)15-5-9-17(10-6-15)24-30(28,29)18-11-7-16(22)8-12-18/h5-12,19,24H,2-4,13-14H2,1H3,(H,23,26)/t19-/m0/s1. The summed E-state index contributed by atoms with van der Waals surface area (Å²) < 4.78 is 40.2. The highest BCUT2D eigenvalue weighted by atomic mass is 32.2. The van der Waals surface area contributed by atoms with Gasteiger partial charge in [-0.15, -0.1) is 0 Å². The molecule has 1 fully saturated rings. The number of carbonyl (C=O) groups excluding carboxylic acids is 2. The molecule has 1 heterocycles. The Morgan fingerprint density at radius 3 is 2.40 bits per heavy atom. The number of carbonyl (C=O) groups is 2. The van der Waals surface area contributed by atoms with Gasteiger partial charge in [-0.05, 0) is 67.8 Å². The smallest absolute Gasteiger partial charge is 0.261 e. The van der Waals surface area contributed by atoms with E-state index in [0.29, 0.717) is 25.1 Å². The van der Waals surface area contributed by atoms with E-state index in [1.54, 1.807) is 4.90 Å². The van der Waals surface area contributed by atoms with E-state index in [1.807, 2.05) is 6.92 Å². The average molecular weight is 434 g/mol. The zero-order valence-corrected chi connectivity index (χ0v) is 17.4. The summed E-state index contributed by atoms with van der Waals surface area (Å²) in [4.78, 5) is 26.7. The van der Waals surface area contributed by atoms with Crippen LogP contribution < -0.4 is 10.0 Å². The van der Waals surface area contributed by atoms with Crippen molar-refractivity contribution in [2.75, 3.05) is 17.8 Å². The second-order valence-corrected chi connectivity index (χ2v) is 8.77. The molecule has 3 rings (SSSR count). The highest BCUT2D eigenvalue weighted by Gasteiger charge is 2.34. The van der Waals surface area contributed by atoms with Crippen LogP contribution in [0, 0.1) is 5.82 Å². The SMILES string of the molecule is CCCNC(=O)[C@@H]1CCCN1C(=O)c1ccc(NS(=O)(=O)c2ccc(F)cc2)cc1. The average Bonchev–Trinajstić information content (AvgIpc) is 3.22. The zero-order chi connectivity index (χ0) is 21.7. The number of likely N-dealkylation sites (tertiary alicyclic amines) is 1. The quantitative estimate of drug-likeness (QED) is 0.702. The van der Waals surface area contributed by atoms with Gasteiger partial charge in [-0.2, -0.15) is 0 Å². The summed E-state index contributed by atoms with van der Waals surface area (Å²) in [5.74, 6) is -0.941. The summed E-state index contributed by atoms with van der Waals surface area (Å²) in [5.41, 5.74) is 0.643. The molecule has 2 aromatic carbocycles. The first kappa shape index (κ1) is 21.8. The lowest BCUT2D eigenvalue weighted by Gasteiger charge is -2.24. The number of rotatable bonds is 7. The molecule has 2 amide bonds. The van der Waals surface area contributed by atoms with E-state index in [1.165, 1.54) is 36.4 Å². The monoisotopic (exact) mass is 433 g/mol. The Balaban J connectivity index is 1.69. The second kappa shape index (κ2) is 9.25. The molecule has 1 saturated heterocycles. The van der Waals surface area contributed by atoms with Crippen molar-refractivity contribution < 1.29 is 22.4 Å². The molecule has 1 atom stereocenters. The van der Waals surface area contributed by atoms with Crippen molar-refractivity contribution in [3.05, 3.63) is 59.9 Å². The molecule has 0 aliphatic carbocycles. The van der Waals surface area contributed by atoms with Crippen molar-refractivity contribution >= 4 is 27.5 Å². The summed E-state index contributed by atoms with van der Waals surface area (Å²) in [7, 11) is -3.87. The number of hydrogen-bond donors (Lipinski definition) is 2. The summed E-state index contributed by atoms with van der Waals surface area (Å²) in [6.07, 6.45) is 2.20. The Morgan fingerprint density at radius 2 is 1.77 bits per heavy atom. The molecule has 7 nitrogen and oxygen atoms in total. The number of sulfonamides is 1. The van der Waals surface area contributed by atoms with Crippen molar-refractivity contribution in [3.63, 3.8) is 0 Å². The van der Waals surface area contributed by atoms with Crippen molar-refractivity contribution in [2.24, 2.45) is 0 Å². The summed E-state index contributed by atoms with van der Waals surface area (Å²) in [6, 6.07) is 10.0. The third kappa shape index (κ3) is 4.96. The Kier molecular flexibility index (Phi) is 6.71. The minimum absolute atomic E-state index is 0.0675. The number of hydrogen-bond acceptors (Lipinski definition) is 4. The molecule has 9 heteroatoms. The number of anilines is 1. The predicted molar refractivity (Wildman–Crippen MR) is 111 cm³/mol. The second-order valence-electron chi connectivity index (χ2n) is 7.08. The number of halogens is 1. The minimum atomic E-state index is -3.87. The van der Waals surface area contributed by atoms with E-state index in [4.69, 9.17) is 0 Å². The predicted octanol–water partition coefficient (Wildman–Crippen LogP) is 2.76. The number of nitrogens with zero attached hydrogens (tertiary/aromatic N) is 1. The lowest BCUT2D eigenvalue weighted by Crippen LogP contribution is -2.46. The topological polar surface area (TPSA) is 95.6 Å². The fourth-order valence-electron chi connectivity index (χ4n) is 3.32. The maximum absolute atomic E-state index is 13.0. The minimum Gasteiger partial charge on any atom is -0.354 e. The van der Waals surface area contributed by atoms with Crippen LogP contribution in [0.1, 0.15) is 36.5 Å². The van der Waals surface area contributed by atoms with Gasteiger partial charge >= 0.3 is 0 Å². The van der Waals surface area contributed by atoms with Crippen molar-refractivity contribution in [1.82, 2.24) is 10.2 Å². The third-order valence-corrected chi connectivity index (χ3v) is 6.27. The molecule has 30 heavy (non-hydrogen) atoms. The van der Waals surface area contributed by atoms with Gasteiger partial charge in [-0.1, -0.05) is 6.92 Å². The van der Waals surface area contributed by atoms with E-state index < -0.39 is 21.9 Å². The molecular formula is C21H24FN3O4S. The summed E-state index contributed by atoms with van der Waals surface area (Å²) in [5, 5.41) is 2.83. The van der Waals surface area contributed by atoms with E-state index >= 15 is 0 Å². The van der Waals surface area contributed by atoms with E-state index in [0.717, 1.165) is 25.0 Å². The first-order valence-corrected chi connectivity index (χ1v) is 11.3. The molecule has 0 radical (unpaired) electrons. The molecule has 1 aliphatic rings. The van der Waals surface area contributed by atoms with Gasteiger partial charge < -0.3 is 10.2 Å². The first-order valence-electron chi connectivity index (χ1n) is 9.79. The van der Waals surface area contributed by atoms with Crippen LogP contribution in [0.25, 0.3) is 0 Å². The van der Waals surface area contributed by atoms with Gasteiger partial charge in [0.15, 0.2) is 0 Å². The maximum Gasteiger partial charge on any atom is 0.261 e. The molecule has 0 bridgehead atoms. The molecule has 2 aromatic rings. The van der Waals surface area contributed by atoms with Gasteiger partial charge in [-0.3, -0.25) is 14.3 Å². The largest absolute Gasteiger partial charge is 0.354 e. The number of benzene rings is 2. The van der Waals surface area contributed by atoms with Crippen LogP contribution in [0.5, 0.6) is 0 Å². The van der Waals surface area contributed by atoms with E-state index in [-0.39, 0.29) is 22.4 Å². The highest BCUT2D eigenvalue weighted by molar-refractivity contribution is 7.92. The van der Waals surface area contributed by atoms with Crippen LogP contribution in [-0.2, 0) is 14.8 Å². The van der Waals surface area contributed by atoms with Crippen molar-refractivity contribution in [3.8, 4) is 0 Å². The molecule has 0 unspecified atom stereocenters. The van der Waals surface area contributed by atoms with E-state index in [9.17, 15) is 22.4 Å². The van der Waals surface area contributed by atoms with Gasteiger partial charge in [0, 0.05) is 24.3 Å². The molecule has 1 aliphatic heterocycles. The van der Waals surface area contributed by atoms with Crippen LogP contribution in [0.4, 0.5) is 10.1 Å². The summed E-state index contributed by atoms with van der Waals surface area (Å²) >= 11 is 0. The Morgan fingerprint density at radius 1 is 1.10 bits per heavy atom. The van der Waals surface area contributed by atoms with Crippen LogP contribution in [-0.4, -0.2) is 44.3 Å². The van der Waals surface area contributed by atoms with Gasteiger partial charge in [0.1, 0.15) is 11.9 Å². The first-order chi connectivity index (χ1) is 14.3. The lowest BCUT2D eigenvalue weighted by molar-refractivity contribution is -0.124. The van der Waals surface area contributed by atoms with Crippen LogP contribution >= 0.6 is 0 Å². The normalized spacial score (nSPS) is 16.3. The molecule has 160 valence electrons. The number of nitrogens with one attached hydrogen (secondary N) is 2. The Hall–Kier alpha value is -2.94. The molecular weight excluding hydrogens is 409 g/mol. The van der Waals surface area contributed by atoms with Gasteiger partial charge in [0.05, 0.1) is 4.90 Å². The van der Waals surface area contributed by atoms with Crippen molar-refractivity contribution in [1.29, 1.82) is 0 Å².